The number of fused-ring (bicyclic) bond motifs is 1. The molecule has 0 saturated heterocycles. The van der Waals surface area contributed by atoms with Crippen LogP contribution in [0.25, 0.3) is 0 Å². The molecule has 0 aromatic heterocycles. The van der Waals surface area contributed by atoms with Gasteiger partial charge in [0.15, 0.2) is 0 Å². The molecule has 0 bridgehead atoms. The van der Waals surface area contributed by atoms with Crippen LogP contribution in [-0.4, -0.2) is 22.5 Å². The Labute approximate surface area is 124 Å². The van der Waals surface area contributed by atoms with E-state index in [9.17, 15) is 9.90 Å². The van der Waals surface area contributed by atoms with Gasteiger partial charge >= 0.3 is 0 Å². The number of hydrogen-bond acceptors (Lipinski definition) is 2. The summed E-state index contributed by atoms with van der Waals surface area (Å²) in [7, 11) is 0. The zero-order valence-electron chi connectivity index (χ0n) is 12.2. The number of aryl methyl sites for hydroxylation is 2. The molecule has 1 aliphatic heterocycles. The molecule has 1 amide bonds. The highest BCUT2D eigenvalue weighted by Gasteiger charge is 2.20. The van der Waals surface area contributed by atoms with Crippen molar-refractivity contribution in [1.29, 1.82) is 0 Å². The summed E-state index contributed by atoms with van der Waals surface area (Å²) >= 11 is 0. The second-order valence-electron chi connectivity index (χ2n) is 5.60. The largest absolute Gasteiger partial charge is 0.508 e. The molecule has 0 atom stereocenters. The van der Waals surface area contributed by atoms with Crippen molar-refractivity contribution in [1.82, 2.24) is 4.90 Å². The van der Waals surface area contributed by atoms with Crippen molar-refractivity contribution >= 4 is 5.91 Å². The van der Waals surface area contributed by atoms with Gasteiger partial charge in [-0.15, -0.1) is 0 Å². The van der Waals surface area contributed by atoms with Crippen molar-refractivity contribution in [2.45, 2.75) is 26.3 Å². The number of amides is 1. The molecule has 21 heavy (non-hydrogen) atoms. The van der Waals surface area contributed by atoms with Crippen LogP contribution in [-0.2, 0) is 13.0 Å². The molecule has 0 spiro atoms. The van der Waals surface area contributed by atoms with Gasteiger partial charge in [0.1, 0.15) is 5.75 Å². The van der Waals surface area contributed by atoms with E-state index in [4.69, 9.17) is 0 Å². The van der Waals surface area contributed by atoms with Gasteiger partial charge in [0.25, 0.3) is 5.91 Å². The minimum absolute atomic E-state index is 0.0369. The number of rotatable bonds is 1. The fourth-order valence-electron chi connectivity index (χ4n) is 2.85. The number of benzene rings is 2. The average molecular weight is 281 g/mol. The van der Waals surface area contributed by atoms with E-state index in [1.807, 2.05) is 17.9 Å². The van der Waals surface area contributed by atoms with Crippen molar-refractivity contribution < 1.29 is 9.90 Å². The second-order valence-corrected chi connectivity index (χ2v) is 5.60. The summed E-state index contributed by atoms with van der Waals surface area (Å²) in [5, 5.41) is 9.59. The predicted octanol–water partition coefficient (Wildman–Crippen LogP) is 3.29. The summed E-state index contributed by atoms with van der Waals surface area (Å²) in [6.45, 7) is 3.24. The molecule has 0 aliphatic carbocycles. The van der Waals surface area contributed by atoms with Crippen LogP contribution in [0.4, 0.5) is 0 Å². The summed E-state index contributed by atoms with van der Waals surface area (Å²) < 4.78 is 0. The third kappa shape index (κ3) is 2.77. The Morgan fingerprint density at radius 3 is 2.67 bits per heavy atom. The Hall–Kier alpha value is -2.29. The van der Waals surface area contributed by atoms with Gasteiger partial charge in [0.2, 0.25) is 0 Å². The summed E-state index contributed by atoms with van der Waals surface area (Å²) in [6, 6.07) is 13.4. The smallest absolute Gasteiger partial charge is 0.254 e. The van der Waals surface area contributed by atoms with E-state index in [-0.39, 0.29) is 11.7 Å². The molecule has 3 heteroatoms. The Morgan fingerprint density at radius 2 is 1.90 bits per heavy atom. The van der Waals surface area contributed by atoms with Crippen LogP contribution in [0.3, 0.4) is 0 Å². The van der Waals surface area contributed by atoms with Crippen molar-refractivity contribution in [3.05, 3.63) is 64.7 Å². The summed E-state index contributed by atoms with van der Waals surface area (Å²) in [5.41, 5.74) is 3.95. The molecule has 3 nitrogen and oxygen atoms in total. The molecule has 3 rings (SSSR count). The highest BCUT2D eigenvalue weighted by molar-refractivity contribution is 5.94. The van der Waals surface area contributed by atoms with Crippen molar-refractivity contribution in [2.75, 3.05) is 6.54 Å². The minimum atomic E-state index is 0.0369. The van der Waals surface area contributed by atoms with E-state index in [0.29, 0.717) is 12.1 Å². The molecule has 108 valence electrons. The Kier molecular flexibility index (Phi) is 3.65. The monoisotopic (exact) mass is 281 g/mol. The van der Waals surface area contributed by atoms with Crippen LogP contribution in [0.5, 0.6) is 5.75 Å². The maximum atomic E-state index is 12.7. The van der Waals surface area contributed by atoms with Crippen molar-refractivity contribution in [3.8, 4) is 5.75 Å². The Balaban J connectivity index is 1.86. The molecule has 0 saturated carbocycles. The van der Waals surface area contributed by atoms with E-state index in [2.05, 4.69) is 18.2 Å². The van der Waals surface area contributed by atoms with Gasteiger partial charge in [0, 0.05) is 18.7 Å². The van der Waals surface area contributed by atoms with Gasteiger partial charge in [-0.05, 0) is 54.7 Å². The highest BCUT2D eigenvalue weighted by atomic mass is 16.3. The number of phenolic OH excluding ortho intramolecular Hbond substituents is 1. The summed E-state index contributed by atoms with van der Waals surface area (Å²) in [5.74, 6) is 0.266. The number of phenols is 1. The molecular weight excluding hydrogens is 262 g/mol. The van der Waals surface area contributed by atoms with Gasteiger partial charge in [-0.2, -0.15) is 0 Å². The lowest BCUT2D eigenvalue weighted by Crippen LogP contribution is -2.30. The molecule has 2 aromatic rings. The molecular formula is C18H19NO2. The molecule has 0 unspecified atom stereocenters. The Bertz CT molecular complexity index is 679. The summed E-state index contributed by atoms with van der Waals surface area (Å²) in [6.07, 6.45) is 2.01. The van der Waals surface area contributed by atoms with E-state index in [1.165, 1.54) is 11.1 Å². The first-order chi connectivity index (χ1) is 10.1. The first-order valence-electron chi connectivity index (χ1n) is 7.31. The predicted molar refractivity (Wildman–Crippen MR) is 82.3 cm³/mol. The minimum Gasteiger partial charge on any atom is -0.508 e. The van der Waals surface area contributed by atoms with Gasteiger partial charge in [-0.25, -0.2) is 0 Å². The van der Waals surface area contributed by atoms with Crippen LogP contribution < -0.4 is 0 Å². The number of nitrogens with zero attached hydrogens (tertiary/aromatic N) is 1. The summed E-state index contributed by atoms with van der Waals surface area (Å²) in [4.78, 5) is 14.6. The van der Waals surface area contributed by atoms with Gasteiger partial charge in [-0.3, -0.25) is 4.79 Å². The van der Waals surface area contributed by atoms with E-state index in [0.717, 1.165) is 24.9 Å². The first-order valence-corrected chi connectivity index (χ1v) is 7.31. The maximum absolute atomic E-state index is 12.7. The zero-order valence-corrected chi connectivity index (χ0v) is 12.2. The number of carbonyl (C=O) groups excluding carboxylic acids is 1. The Morgan fingerprint density at radius 1 is 1.14 bits per heavy atom. The fraction of sp³-hybridized carbons (Fsp3) is 0.278. The average Bonchev–Trinajstić information content (AvgIpc) is 2.71. The van der Waals surface area contributed by atoms with Crippen LogP contribution in [0, 0.1) is 6.92 Å². The standard InChI is InChI=1S/C18H19NO2/c1-13-11-15(8-9-17(13)20)18(21)19-10-4-7-14-5-2-3-6-16(14)12-19/h2-3,5-6,8-9,11,20H,4,7,10,12H2,1H3. The van der Waals surface area contributed by atoms with E-state index in [1.54, 1.807) is 18.2 Å². The van der Waals surface area contributed by atoms with Gasteiger partial charge in [-0.1, -0.05) is 24.3 Å². The topological polar surface area (TPSA) is 40.5 Å². The third-order valence-corrected chi connectivity index (χ3v) is 4.08. The highest BCUT2D eigenvalue weighted by Crippen LogP contribution is 2.22. The lowest BCUT2D eigenvalue weighted by atomic mass is 10.0. The normalized spacial score (nSPS) is 14.4. The van der Waals surface area contributed by atoms with E-state index < -0.39 is 0 Å². The lowest BCUT2D eigenvalue weighted by Gasteiger charge is -2.21. The fourth-order valence-corrected chi connectivity index (χ4v) is 2.85. The maximum Gasteiger partial charge on any atom is 0.254 e. The lowest BCUT2D eigenvalue weighted by molar-refractivity contribution is 0.0746. The van der Waals surface area contributed by atoms with E-state index >= 15 is 0 Å². The first kappa shape index (κ1) is 13.7. The van der Waals surface area contributed by atoms with Crippen molar-refractivity contribution in [2.24, 2.45) is 0 Å². The van der Waals surface area contributed by atoms with Crippen molar-refractivity contribution in [3.63, 3.8) is 0 Å². The SMILES string of the molecule is Cc1cc(C(=O)N2CCCc3ccccc3C2)ccc1O. The molecule has 1 heterocycles. The molecule has 0 fully saturated rings. The van der Waals surface area contributed by atoms with Crippen LogP contribution in [0.2, 0.25) is 0 Å². The van der Waals surface area contributed by atoms with Crippen LogP contribution in [0.1, 0.15) is 33.5 Å². The number of hydrogen-bond donors (Lipinski definition) is 1. The zero-order chi connectivity index (χ0) is 14.8. The third-order valence-electron chi connectivity index (χ3n) is 4.08. The molecule has 1 aliphatic rings. The molecule has 1 N–H and O–H groups in total. The second kappa shape index (κ2) is 5.60. The van der Waals surface area contributed by atoms with Gasteiger partial charge < -0.3 is 10.0 Å². The van der Waals surface area contributed by atoms with Crippen LogP contribution in [0.15, 0.2) is 42.5 Å². The molecule has 0 radical (unpaired) electrons. The number of aromatic hydroxyl groups is 1. The van der Waals surface area contributed by atoms with Gasteiger partial charge in [0.05, 0.1) is 0 Å². The number of carbonyl (C=O) groups is 1. The quantitative estimate of drug-likeness (QED) is 0.871. The van der Waals surface area contributed by atoms with Crippen LogP contribution >= 0.6 is 0 Å². The molecule has 2 aromatic carbocycles.